The highest BCUT2D eigenvalue weighted by Gasteiger charge is 2.35. The monoisotopic (exact) mass is 406 g/mol. The summed E-state index contributed by atoms with van der Waals surface area (Å²) < 4.78 is 11.6. The van der Waals surface area contributed by atoms with Crippen LogP contribution in [0, 0.1) is 0 Å². The average Bonchev–Trinajstić information content (AvgIpc) is 3.31. The van der Waals surface area contributed by atoms with Crippen LogP contribution in [0.1, 0.15) is 25.3 Å². The van der Waals surface area contributed by atoms with E-state index in [1.54, 1.807) is 7.11 Å². The van der Waals surface area contributed by atoms with Crippen LogP contribution in [0.5, 0.6) is 5.75 Å². The van der Waals surface area contributed by atoms with Crippen molar-refractivity contribution in [2.75, 3.05) is 20.3 Å². The summed E-state index contributed by atoms with van der Waals surface area (Å²) in [6.07, 6.45) is 2.06. The Bertz CT molecular complexity index is 526. The number of amides is 1. The molecule has 0 spiro atoms. The first-order valence-corrected chi connectivity index (χ1v) is 8.32. The van der Waals surface area contributed by atoms with E-state index in [-0.39, 0.29) is 31.0 Å². The summed E-state index contributed by atoms with van der Waals surface area (Å²) in [7, 11) is 1.55. The van der Waals surface area contributed by atoms with Crippen LogP contribution in [0.4, 0.5) is 0 Å². The minimum absolute atomic E-state index is 0. The van der Waals surface area contributed by atoms with Crippen molar-refractivity contribution < 1.29 is 14.3 Å². The van der Waals surface area contributed by atoms with Crippen molar-refractivity contribution in [3.8, 4) is 5.75 Å². The van der Waals surface area contributed by atoms with Gasteiger partial charge in [0.1, 0.15) is 11.8 Å². The van der Waals surface area contributed by atoms with Gasteiger partial charge in [-0.2, -0.15) is 0 Å². The zero-order chi connectivity index (χ0) is 16.1. The lowest BCUT2D eigenvalue weighted by Crippen LogP contribution is -2.46. The van der Waals surface area contributed by atoms with Gasteiger partial charge in [-0.3, -0.25) is 4.79 Å². The van der Waals surface area contributed by atoms with E-state index >= 15 is 0 Å². The zero-order valence-electron chi connectivity index (χ0n) is 13.5. The Morgan fingerprint density at radius 3 is 2.74 bits per heavy atom. The molecule has 0 saturated heterocycles. The highest BCUT2D eigenvalue weighted by atomic mass is 79.9. The maximum Gasteiger partial charge on any atom is 0.242 e. The van der Waals surface area contributed by atoms with Crippen LogP contribution in [0.25, 0.3) is 0 Å². The van der Waals surface area contributed by atoms with Gasteiger partial charge in [-0.05, 0) is 38.0 Å². The van der Waals surface area contributed by atoms with Gasteiger partial charge in [-0.25, -0.2) is 0 Å². The molecule has 0 aromatic heterocycles. The maximum absolute atomic E-state index is 12.5. The van der Waals surface area contributed by atoms with Crippen LogP contribution in [0.15, 0.2) is 22.7 Å². The predicted molar refractivity (Wildman–Crippen MR) is 96.0 cm³/mol. The molecule has 1 aliphatic carbocycles. The van der Waals surface area contributed by atoms with E-state index in [2.05, 4.69) is 15.9 Å². The number of methoxy groups -OCH3 is 1. The molecule has 1 aromatic rings. The standard InChI is InChI=1S/C16H23BrN2O3.ClH/c1-3-22-15-7-4-12(17)8-11(15)9-19(13-5-6-13)16(20)14(18)10-21-2;/h4,7-8,13-14H,3,5-6,9-10,18H2,1-2H3;1H. The Morgan fingerprint density at radius 1 is 1.48 bits per heavy atom. The zero-order valence-corrected chi connectivity index (χ0v) is 15.9. The molecule has 0 heterocycles. The first kappa shape index (κ1) is 20.2. The first-order valence-electron chi connectivity index (χ1n) is 7.53. The van der Waals surface area contributed by atoms with E-state index in [0.717, 1.165) is 28.6 Å². The molecular formula is C16H24BrClN2O3. The van der Waals surface area contributed by atoms with Gasteiger partial charge in [0, 0.05) is 29.7 Å². The molecule has 2 rings (SSSR count). The molecule has 0 bridgehead atoms. The summed E-state index contributed by atoms with van der Waals surface area (Å²) in [4.78, 5) is 14.4. The summed E-state index contributed by atoms with van der Waals surface area (Å²) in [6, 6.07) is 5.52. The molecule has 1 aromatic carbocycles. The number of hydrogen-bond donors (Lipinski definition) is 1. The SMILES string of the molecule is CCOc1ccc(Br)cc1CN(C(=O)C(N)COC)C1CC1.Cl. The third-order valence-corrected chi connectivity index (χ3v) is 4.09. The van der Waals surface area contributed by atoms with Crippen LogP contribution in [-0.2, 0) is 16.1 Å². The van der Waals surface area contributed by atoms with Crippen molar-refractivity contribution in [1.29, 1.82) is 0 Å². The molecule has 7 heteroatoms. The van der Waals surface area contributed by atoms with Crippen LogP contribution in [0.2, 0.25) is 0 Å². The molecule has 23 heavy (non-hydrogen) atoms. The van der Waals surface area contributed by atoms with Gasteiger partial charge in [0.25, 0.3) is 0 Å². The minimum atomic E-state index is -0.617. The predicted octanol–water partition coefficient (Wildman–Crippen LogP) is 2.73. The number of ether oxygens (including phenoxy) is 2. The number of halogens is 2. The second-order valence-corrected chi connectivity index (χ2v) is 6.36. The van der Waals surface area contributed by atoms with Crippen molar-refractivity contribution in [1.82, 2.24) is 4.90 Å². The fourth-order valence-corrected chi connectivity index (χ4v) is 2.80. The van der Waals surface area contributed by atoms with Crippen LogP contribution in [0.3, 0.4) is 0 Å². The largest absolute Gasteiger partial charge is 0.494 e. The Hall–Kier alpha value is -0.820. The van der Waals surface area contributed by atoms with Gasteiger partial charge >= 0.3 is 0 Å². The van der Waals surface area contributed by atoms with Crippen molar-refractivity contribution in [2.24, 2.45) is 5.73 Å². The van der Waals surface area contributed by atoms with E-state index in [1.807, 2.05) is 30.0 Å². The molecule has 5 nitrogen and oxygen atoms in total. The number of carbonyl (C=O) groups is 1. The van der Waals surface area contributed by atoms with E-state index in [0.29, 0.717) is 13.2 Å². The second-order valence-electron chi connectivity index (χ2n) is 5.44. The third kappa shape index (κ3) is 5.64. The van der Waals surface area contributed by atoms with E-state index in [1.165, 1.54) is 0 Å². The molecule has 0 aliphatic heterocycles. The van der Waals surface area contributed by atoms with Gasteiger partial charge in [-0.15, -0.1) is 12.4 Å². The quantitative estimate of drug-likeness (QED) is 0.719. The molecule has 130 valence electrons. The highest BCUT2D eigenvalue weighted by Crippen LogP contribution is 2.32. The molecule has 1 unspecified atom stereocenters. The Kier molecular flexibility index (Phi) is 8.33. The summed E-state index contributed by atoms with van der Waals surface area (Å²) in [5, 5.41) is 0. The van der Waals surface area contributed by atoms with Crippen molar-refractivity contribution in [3.05, 3.63) is 28.2 Å². The molecular weight excluding hydrogens is 384 g/mol. The number of carbonyl (C=O) groups excluding carboxylic acids is 1. The minimum Gasteiger partial charge on any atom is -0.494 e. The normalized spacial score (nSPS) is 14.8. The van der Waals surface area contributed by atoms with Crippen LogP contribution in [-0.4, -0.2) is 43.2 Å². The van der Waals surface area contributed by atoms with Crippen molar-refractivity contribution in [3.63, 3.8) is 0 Å². The lowest BCUT2D eigenvalue weighted by atomic mass is 10.1. The molecule has 1 fully saturated rings. The molecule has 1 saturated carbocycles. The lowest BCUT2D eigenvalue weighted by Gasteiger charge is -2.26. The Labute approximate surface area is 152 Å². The molecule has 1 atom stereocenters. The number of rotatable bonds is 8. The van der Waals surface area contributed by atoms with E-state index < -0.39 is 6.04 Å². The van der Waals surface area contributed by atoms with E-state index in [4.69, 9.17) is 15.2 Å². The van der Waals surface area contributed by atoms with Crippen molar-refractivity contribution >= 4 is 34.2 Å². The van der Waals surface area contributed by atoms with Gasteiger partial charge in [0.05, 0.1) is 13.2 Å². The fraction of sp³-hybridized carbons (Fsp3) is 0.562. The maximum atomic E-state index is 12.5. The molecule has 1 aliphatic rings. The second kappa shape index (κ2) is 9.47. The summed E-state index contributed by atoms with van der Waals surface area (Å²) in [5.41, 5.74) is 6.90. The van der Waals surface area contributed by atoms with Gasteiger partial charge in [0.15, 0.2) is 0 Å². The number of hydrogen-bond acceptors (Lipinski definition) is 4. The average molecular weight is 408 g/mol. The van der Waals surface area contributed by atoms with Gasteiger partial charge in [-0.1, -0.05) is 15.9 Å². The summed E-state index contributed by atoms with van der Waals surface area (Å²) in [5.74, 6) is 0.747. The fourth-order valence-electron chi connectivity index (χ4n) is 2.39. The number of benzene rings is 1. The van der Waals surface area contributed by atoms with Crippen LogP contribution >= 0.6 is 28.3 Å². The molecule has 1 amide bonds. The summed E-state index contributed by atoms with van der Waals surface area (Å²) >= 11 is 3.48. The number of nitrogens with two attached hydrogens (primary N) is 1. The highest BCUT2D eigenvalue weighted by molar-refractivity contribution is 9.10. The van der Waals surface area contributed by atoms with Crippen LogP contribution < -0.4 is 10.5 Å². The third-order valence-electron chi connectivity index (χ3n) is 3.60. The summed E-state index contributed by atoms with van der Waals surface area (Å²) in [6.45, 7) is 3.29. The topological polar surface area (TPSA) is 64.8 Å². The van der Waals surface area contributed by atoms with Gasteiger partial charge in [0.2, 0.25) is 5.91 Å². The van der Waals surface area contributed by atoms with E-state index in [9.17, 15) is 4.79 Å². The molecule has 0 radical (unpaired) electrons. The molecule has 2 N–H and O–H groups in total. The smallest absolute Gasteiger partial charge is 0.242 e. The number of nitrogens with zero attached hydrogens (tertiary/aromatic N) is 1. The first-order chi connectivity index (χ1) is 10.6. The van der Waals surface area contributed by atoms with Gasteiger partial charge < -0.3 is 20.1 Å². The van der Waals surface area contributed by atoms with Crippen molar-refractivity contribution in [2.45, 2.75) is 38.4 Å². The Balaban J connectivity index is 0.00000264. The Morgan fingerprint density at radius 2 is 2.17 bits per heavy atom. The lowest BCUT2D eigenvalue weighted by molar-refractivity contribution is -0.135.